The molecule has 3 heteroatoms. The van der Waals surface area contributed by atoms with E-state index in [4.69, 9.17) is 0 Å². The van der Waals surface area contributed by atoms with E-state index in [1.54, 1.807) is 0 Å². The molecule has 1 aromatic rings. The lowest BCUT2D eigenvalue weighted by atomic mass is 10.1. The second-order valence-corrected chi connectivity index (χ2v) is 5.19. The second-order valence-electron chi connectivity index (χ2n) is 3.86. The predicted molar refractivity (Wildman–Crippen MR) is 75.7 cm³/mol. The zero-order valence-corrected chi connectivity index (χ0v) is 11.1. The van der Waals surface area contributed by atoms with Gasteiger partial charge in [0.25, 0.3) is 0 Å². The number of hydrogen-bond donors (Lipinski definition) is 2. The lowest BCUT2D eigenvalue weighted by Crippen LogP contribution is -2.19. The predicted octanol–water partition coefficient (Wildman–Crippen LogP) is 2.91. The molecule has 0 bridgehead atoms. The Kier molecular flexibility index (Phi) is 5.40. The normalized spacial score (nSPS) is 12.5. The van der Waals surface area contributed by atoms with Crippen LogP contribution >= 0.6 is 25.3 Å². The molecule has 0 heterocycles. The molecule has 0 aromatic heterocycles. The molecule has 0 fully saturated rings. The highest BCUT2D eigenvalue weighted by molar-refractivity contribution is 7.80. The second kappa shape index (κ2) is 6.33. The molecule has 1 aromatic carbocycles. The molecule has 0 amide bonds. The van der Waals surface area contributed by atoms with Crippen LogP contribution in [0.2, 0.25) is 0 Å². The smallest absolute Gasteiger partial charge is 0.0364 e. The first-order chi connectivity index (χ1) is 7.13. The molecule has 0 spiro atoms. The van der Waals surface area contributed by atoms with Gasteiger partial charge in [0.05, 0.1) is 0 Å². The molecule has 1 nitrogen and oxygen atoms in total. The summed E-state index contributed by atoms with van der Waals surface area (Å²) in [6.07, 6.45) is 1.03. The van der Waals surface area contributed by atoms with Crippen LogP contribution in [0.4, 0.5) is 5.69 Å². The fourth-order valence-corrected chi connectivity index (χ4v) is 2.02. The first-order valence-corrected chi connectivity index (χ1v) is 6.37. The van der Waals surface area contributed by atoms with Gasteiger partial charge in [0.2, 0.25) is 0 Å². The van der Waals surface area contributed by atoms with Gasteiger partial charge >= 0.3 is 0 Å². The third kappa shape index (κ3) is 4.39. The molecule has 0 saturated carbocycles. The van der Waals surface area contributed by atoms with Crippen molar-refractivity contribution in [3.05, 3.63) is 29.8 Å². The maximum Gasteiger partial charge on any atom is 0.0364 e. The minimum absolute atomic E-state index is 0.422. The monoisotopic (exact) mass is 241 g/mol. The van der Waals surface area contributed by atoms with Crippen LogP contribution in [0.3, 0.4) is 0 Å². The fraction of sp³-hybridized carbons (Fsp3) is 0.500. The van der Waals surface area contributed by atoms with Crippen LogP contribution in [0.5, 0.6) is 0 Å². The lowest BCUT2D eigenvalue weighted by molar-refractivity contribution is 0.944. The van der Waals surface area contributed by atoms with Crippen LogP contribution in [-0.2, 0) is 6.42 Å². The van der Waals surface area contributed by atoms with Crippen molar-refractivity contribution >= 4 is 30.9 Å². The molecular weight excluding hydrogens is 222 g/mol. The van der Waals surface area contributed by atoms with E-state index in [2.05, 4.69) is 68.4 Å². The maximum atomic E-state index is 4.39. The highest BCUT2D eigenvalue weighted by Crippen LogP contribution is 2.15. The maximum absolute atomic E-state index is 4.39. The van der Waals surface area contributed by atoms with Gasteiger partial charge in [-0.3, -0.25) is 0 Å². The Labute approximate surface area is 104 Å². The van der Waals surface area contributed by atoms with Gasteiger partial charge in [0, 0.05) is 30.3 Å². The van der Waals surface area contributed by atoms with Gasteiger partial charge in [-0.05, 0) is 24.1 Å². The third-order valence-electron chi connectivity index (χ3n) is 2.34. The van der Waals surface area contributed by atoms with Crippen molar-refractivity contribution < 1.29 is 0 Å². The SMILES string of the molecule is CC(S)Cc1ccc(N(C)CCS)cc1. The van der Waals surface area contributed by atoms with Gasteiger partial charge in [-0.15, -0.1) is 0 Å². The van der Waals surface area contributed by atoms with Crippen molar-refractivity contribution in [3.8, 4) is 0 Å². The molecule has 0 saturated heterocycles. The van der Waals surface area contributed by atoms with E-state index in [1.165, 1.54) is 11.3 Å². The average molecular weight is 241 g/mol. The first kappa shape index (κ1) is 12.8. The number of rotatable bonds is 5. The van der Waals surface area contributed by atoms with Crippen molar-refractivity contribution in [1.29, 1.82) is 0 Å². The molecule has 1 rings (SSSR count). The van der Waals surface area contributed by atoms with Crippen LogP contribution in [0.1, 0.15) is 12.5 Å². The summed E-state index contributed by atoms with van der Waals surface area (Å²) in [6, 6.07) is 8.68. The van der Waals surface area contributed by atoms with E-state index >= 15 is 0 Å². The van der Waals surface area contributed by atoms with Gasteiger partial charge in [0.15, 0.2) is 0 Å². The molecule has 84 valence electrons. The van der Waals surface area contributed by atoms with Crippen LogP contribution < -0.4 is 4.90 Å². The minimum Gasteiger partial charge on any atom is -0.374 e. The number of anilines is 1. The Morgan fingerprint density at radius 1 is 1.27 bits per heavy atom. The fourth-order valence-electron chi connectivity index (χ4n) is 1.51. The van der Waals surface area contributed by atoms with E-state index in [0.717, 1.165) is 18.7 Å². The Bertz CT molecular complexity index is 282. The Hall–Kier alpha value is -0.280. The van der Waals surface area contributed by atoms with Crippen molar-refractivity contribution in [2.45, 2.75) is 18.6 Å². The molecule has 0 N–H and O–H groups in total. The van der Waals surface area contributed by atoms with E-state index in [9.17, 15) is 0 Å². The summed E-state index contributed by atoms with van der Waals surface area (Å²) in [5.74, 6) is 0.881. The largest absolute Gasteiger partial charge is 0.374 e. The number of thiol groups is 2. The van der Waals surface area contributed by atoms with Crippen LogP contribution in [0, 0.1) is 0 Å². The standard InChI is InChI=1S/C12H19NS2/c1-10(15)9-11-3-5-12(6-4-11)13(2)7-8-14/h3-6,10,14-15H,7-9H2,1-2H3. The highest BCUT2D eigenvalue weighted by atomic mass is 32.1. The van der Waals surface area contributed by atoms with Crippen molar-refractivity contribution in [2.75, 3.05) is 24.2 Å². The topological polar surface area (TPSA) is 3.24 Å². The summed E-state index contributed by atoms with van der Waals surface area (Å²) >= 11 is 8.61. The Balaban J connectivity index is 2.63. The summed E-state index contributed by atoms with van der Waals surface area (Å²) in [7, 11) is 2.09. The lowest BCUT2D eigenvalue weighted by Gasteiger charge is -2.18. The highest BCUT2D eigenvalue weighted by Gasteiger charge is 2.01. The summed E-state index contributed by atoms with van der Waals surface area (Å²) in [4.78, 5) is 2.21. The molecule has 0 aliphatic rings. The van der Waals surface area contributed by atoms with E-state index in [0.29, 0.717) is 5.25 Å². The Morgan fingerprint density at radius 3 is 2.33 bits per heavy atom. The van der Waals surface area contributed by atoms with E-state index < -0.39 is 0 Å². The van der Waals surface area contributed by atoms with Crippen LogP contribution in [0.25, 0.3) is 0 Å². The van der Waals surface area contributed by atoms with Crippen molar-refractivity contribution in [1.82, 2.24) is 0 Å². The van der Waals surface area contributed by atoms with Gasteiger partial charge in [0.1, 0.15) is 0 Å². The summed E-state index contributed by atoms with van der Waals surface area (Å²) < 4.78 is 0. The summed E-state index contributed by atoms with van der Waals surface area (Å²) in [6.45, 7) is 3.09. The quantitative estimate of drug-likeness (QED) is 0.750. The van der Waals surface area contributed by atoms with Crippen molar-refractivity contribution in [2.24, 2.45) is 0 Å². The van der Waals surface area contributed by atoms with Crippen LogP contribution in [0.15, 0.2) is 24.3 Å². The van der Waals surface area contributed by atoms with E-state index in [1.807, 2.05) is 0 Å². The number of hydrogen-bond acceptors (Lipinski definition) is 3. The number of nitrogens with zero attached hydrogens (tertiary/aromatic N) is 1. The van der Waals surface area contributed by atoms with Gasteiger partial charge in [-0.25, -0.2) is 0 Å². The molecular formula is C12H19NS2. The molecule has 0 aliphatic heterocycles. The molecule has 1 atom stereocenters. The summed E-state index contributed by atoms with van der Waals surface area (Å²) in [5, 5.41) is 0.422. The minimum atomic E-state index is 0.422. The van der Waals surface area contributed by atoms with Gasteiger partial charge < -0.3 is 4.90 Å². The molecule has 1 unspecified atom stereocenters. The zero-order chi connectivity index (χ0) is 11.3. The van der Waals surface area contributed by atoms with E-state index in [-0.39, 0.29) is 0 Å². The van der Waals surface area contributed by atoms with Gasteiger partial charge in [-0.2, -0.15) is 25.3 Å². The zero-order valence-electron chi connectivity index (χ0n) is 9.35. The Morgan fingerprint density at radius 2 is 1.87 bits per heavy atom. The molecule has 0 aliphatic carbocycles. The van der Waals surface area contributed by atoms with Crippen molar-refractivity contribution in [3.63, 3.8) is 0 Å². The first-order valence-electron chi connectivity index (χ1n) is 5.22. The average Bonchev–Trinajstić information content (AvgIpc) is 2.18. The van der Waals surface area contributed by atoms with Crippen LogP contribution in [-0.4, -0.2) is 24.6 Å². The third-order valence-corrected chi connectivity index (χ3v) is 2.73. The molecule has 0 radical (unpaired) electrons. The summed E-state index contributed by atoms with van der Waals surface area (Å²) in [5.41, 5.74) is 2.60. The van der Waals surface area contributed by atoms with Gasteiger partial charge in [-0.1, -0.05) is 19.1 Å². The molecule has 15 heavy (non-hydrogen) atoms. The number of benzene rings is 1.